The van der Waals surface area contributed by atoms with Gasteiger partial charge in [-0.1, -0.05) is 30.3 Å². The summed E-state index contributed by atoms with van der Waals surface area (Å²) in [4.78, 5) is 25.8. The molecule has 5 nitrogen and oxygen atoms in total. The molecule has 2 aliphatic rings. The van der Waals surface area contributed by atoms with Gasteiger partial charge in [0.15, 0.2) is 0 Å². The smallest absolute Gasteiger partial charge is 0.243 e. The topological polar surface area (TPSA) is 69.6 Å². The van der Waals surface area contributed by atoms with Crippen LogP contribution < -0.4 is 5.32 Å². The molecule has 22 heavy (non-hydrogen) atoms. The summed E-state index contributed by atoms with van der Waals surface area (Å²) in [5.41, 5.74) is 0.802. The maximum absolute atomic E-state index is 12.7. The van der Waals surface area contributed by atoms with Crippen molar-refractivity contribution in [3.05, 3.63) is 35.9 Å². The molecule has 1 aliphatic carbocycles. The Hall–Kier alpha value is -1.88. The summed E-state index contributed by atoms with van der Waals surface area (Å²) in [5.74, 6) is -0.325. The summed E-state index contributed by atoms with van der Waals surface area (Å²) in [6, 6.07) is 9.42. The lowest BCUT2D eigenvalue weighted by atomic mass is 9.71. The van der Waals surface area contributed by atoms with Gasteiger partial charge >= 0.3 is 0 Å². The molecule has 2 atom stereocenters. The quantitative estimate of drug-likeness (QED) is 0.880. The van der Waals surface area contributed by atoms with E-state index >= 15 is 0 Å². The van der Waals surface area contributed by atoms with Crippen molar-refractivity contribution in [1.29, 1.82) is 0 Å². The van der Waals surface area contributed by atoms with Crippen LogP contribution in [0.3, 0.4) is 0 Å². The van der Waals surface area contributed by atoms with E-state index in [0.29, 0.717) is 6.42 Å². The summed E-state index contributed by atoms with van der Waals surface area (Å²) in [6.07, 6.45) is 2.61. The lowest BCUT2D eigenvalue weighted by Gasteiger charge is -2.44. The number of likely N-dealkylation sites (tertiary alicyclic amines) is 1. The summed E-state index contributed by atoms with van der Waals surface area (Å²) >= 11 is 0. The van der Waals surface area contributed by atoms with Crippen LogP contribution in [0.5, 0.6) is 0 Å². The van der Waals surface area contributed by atoms with E-state index in [-0.39, 0.29) is 23.9 Å². The molecule has 1 saturated carbocycles. The molecule has 0 radical (unpaired) electrons. The van der Waals surface area contributed by atoms with Gasteiger partial charge in [-0.15, -0.1) is 0 Å². The lowest BCUT2D eigenvalue weighted by Crippen LogP contribution is -2.56. The summed E-state index contributed by atoms with van der Waals surface area (Å²) < 4.78 is 0. The maximum Gasteiger partial charge on any atom is 0.243 e. The number of carbonyl (C=O) groups is 2. The van der Waals surface area contributed by atoms with Crippen LogP contribution in [0.15, 0.2) is 30.3 Å². The number of aliphatic hydroxyl groups excluding tert-OH is 1. The van der Waals surface area contributed by atoms with Crippen LogP contribution in [0, 0.1) is 0 Å². The van der Waals surface area contributed by atoms with Gasteiger partial charge in [0.25, 0.3) is 0 Å². The molecule has 2 fully saturated rings. The third kappa shape index (κ3) is 2.61. The maximum atomic E-state index is 12.7. The zero-order chi connectivity index (χ0) is 15.7. The van der Waals surface area contributed by atoms with E-state index in [1.54, 1.807) is 0 Å². The van der Waals surface area contributed by atoms with Gasteiger partial charge in [0.1, 0.15) is 6.04 Å². The number of amides is 2. The number of carbonyl (C=O) groups excluding carboxylic acids is 2. The van der Waals surface area contributed by atoms with Gasteiger partial charge in [-0.25, -0.2) is 0 Å². The van der Waals surface area contributed by atoms with Crippen molar-refractivity contribution < 1.29 is 14.7 Å². The van der Waals surface area contributed by atoms with Crippen molar-refractivity contribution in [2.45, 2.75) is 50.3 Å². The Morgan fingerprint density at radius 1 is 1.27 bits per heavy atom. The minimum atomic E-state index is -0.617. The largest absolute Gasteiger partial charge is 0.391 e. The molecular formula is C17H22N2O3. The minimum Gasteiger partial charge on any atom is -0.391 e. The Labute approximate surface area is 130 Å². The molecule has 0 spiro atoms. The van der Waals surface area contributed by atoms with E-state index in [1.165, 1.54) is 11.8 Å². The Bertz CT molecular complexity index is 569. The molecule has 2 amide bonds. The minimum absolute atomic E-state index is 0.157. The third-order valence-electron chi connectivity index (χ3n) is 4.88. The molecule has 1 aromatic carbocycles. The van der Waals surface area contributed by atoms with Gasteiger partial charge in [0, 0.05) is 19.9 Å². The van der Waals surface area contributed by atoms with Crippen LogP contribution in [-0.2, 0) is 15.1 Å². The molecule has 1 aromatic rings. The van der Waals surface area contributed by atoms with Crippen molar-refractivity contribution in [2.24, 2.45) is 0 Å². The van der Waals surface area contributed by atoms with Gasteiger partial charge in [0.05, 0.1) is 11.6 Å². The van der Waals surface area contributed by atoms with E-state index in [1.807, 2.05) is 30.3 Å². The summed E-state index contributed by atoms with van der Waals surface area (Å²) in [5, 5.41) is 12.9. The highest BCUT2D eigenvalue weighted by molar-refractivity contribution is 5.88. The van der Waals surface area contributed by atoms with Crippen molar-refractivity contribution in [1.82, 2.24) is 10.2 Å². The highest BCUT2D eigenvalue weighted by Gasteiger charge is 2.44. The van der Waals surface area contributed by atoms with Gasteiger partial charge in [-0.3, -0.25) is 9.59 Å². The first-order valence-corrected chi connectivity index (χ1v) is 7.85. The number of nitrogens with one attached hydrogen (secondary N) is 1. The zero-order valence-corrected chi connectivity index (χ0v) is 12.8. The van der Waals surface area contributed by atoms with Crippen LogP contribution >= 0.6 is 0 Å². The number of rotatable bonds is 3. The number of hydrogen-bond acceptors (Lipinski definition) is 3. The highest BCUT2D eigenvalue weighted by atomic mass is 16.3. The fourth-order valence-electron chi connectivity index (χ4n) is 3.50. The first kappa shape index (κ1) is 15.0. The predicted octanol–water partition coefficient (Wildman–Crippen LogP) is 1.16. The fraction of sp³-hybridized carbons (Fsp3) is 0.529. The molecule has 0 bridgehead atoms. The van der Waals surface area contributed by atoms with Crippen molar-refractivity contribution >= 4 is 11.8 Å². The lowest BCUT2D eigenvalue weighted by molar-refractivity contribution is -0.138. The van der Waals surface area contributed by atoms with Crippen molar-refractivity contribution in [3.8, 4) is 0 Å². The number of hydrogen-bond donors (Lipinski definition) is 2. The van der Waals surface area contributed by atoms with E-state index in [4.69, 9.17) is 0 Å². The van der Waals surface area contributed by atoms with Crippen LogP contribution in [0.2, 0.25) is 0 Å². The molecule has 5 heteroatoms. The van der Waals surface area contributed by atoms with Gasteiger partial charge in [-0.05, 0) is 24.8 Å². The molecular weight excluding hydrogens is 280 g/mol. The van der Waals surface area contributed by atoms with Gasteiger partial charge in [0.2, 0.25) is 11.8 Å². The third-order valence-corrected chi connectivity index (χ3v) is 4.88. The van der Waals surface area contributed by atoms with Crippen LogP contribution in [0.4, 0.5) is 0 Å². The number of benzene rings is 1. The van der Waals surface area contributed by atoms with Crippen molar-refractivity contribution in [2.75, 3.05) is 6.54 Å². The average Bonchev–Trinajstić information content (AvgIpc) is 2.86. The molecule has 3 rings (SSSR count). The van der Waals surface area contributed by atoms with Gasteiger partial charge < -0.3 is 15.3 Å². The Balaban J connectivity index is 1.77. The first-order chi connectivity index (χ1) is 10.5. The van der Waals surface area contributed by atoms with E-state index < -0.39 is 12.1 Å². The number of β-amino-alcohol motifs (C(OH)–C–C–N with tert-alkyl or cyclic N) is 1. The standard InChI is InChI=1S/C17H22N2O3/c1-12(20)19-11-14(21)10-15(19)16(22)18-17(8-5-9-17)13-6-3-2-4-7-13/h2-4,6-7,14-15,21H,5,8-11H2,1H3,(H,18,22)/t14-,15-/m1/s1. The normalized spacial score (nSPS) is 26.4. The van der Waals surface area contributed by atoms with E-state index in [2.05, 4.69) is 5.32 Å². The second-order valence-electron chi connectivity index (χ2n) is 6.37. The van der Waals surface area contributed by atoms with Gasteiger partial charge in [-0.2, -0.15) is 0 Å². The zero-order valence-electron chi connectivity index (χ0n) is 12.8. The first-order valence-electron chi connectivity index (χ1n) is 7.85. The predicted molar refractivity (Wildman–Crippen MR) is 81.9 cm³/mol. The van der Waals surface area contributed by atoms with E-state index in [9.17, 15) is 14.7 Å². The van der Waals surface area contributed by atoms with Crippen LogP contribution in [0.1, 0.15) is 38.2 Å². The molecule has 1 aliphatic heterocycles. The number of nitrogens with zero attached hydrogens (tertiary/aromatic N) is 1. The van der Waals surface area contributed by atoms with Crippen molar-refractivity contribution in [3.63, 3.8) is 0 Å². The molecule has 0 unspecified atom stereocenters. The number of aliphatic hydroxyl groups is 1. The average molecular weight is 302 g/mol. The van der Waals surface area contributed by atoms with Crippen LogP contribution in [0.25, 0.3) is 0 Å². The molecule has 1 saturated heterocycles. The molecule has 118 valence electrons. The van der Waals surface area contributed by atoms with Crippen LogP contribution in [-0.4, -0.2) is 40.5 Å². The summed E-state index contributed by atoms with van der Waals surface area (Å²) in [7, 11) is 0. The second kappa shape index (κ2) is 5.72. The SMILES string of the molecule is CC(=O)N1C[C@H](O)C[C@@H]1C(=O)NC1(c2ccccc2)CCC1. The Kier molecular flexibility index (Phi) is 3.91. The monoisotopic (exact) mass is 302 g/mol. The molecule has 2 N–H and O–H groups in total. The highest BCUT2D eigenvalue weighted by Crippen LogP contribution is 2.41. The van der Waals surface area contributed by atoms with E-state index in [0.717, 1.165) is 24.8 Å². The Morgan fingerprint density at radius 2 is 1.95 bits per heavy atom. The fourth-order valence-corrected chi connectivity index (χ4v) is 3.50. The molecule has 1 heterocycles. The second-order valence-corrected chi connectivity index (χ2v) is 6.37. The summed E-state index contributed by atoms with van der Waals surface area (Å²) in [6.45, 7) is 1.68. The molecule has 0 aromatic heterocycles. The Morgan fingerprint density at radius 3 is 2.50 bits per heavy atom.